The molecule has 1 aliphatic carbocycles. The third kappa shape index (κ3) is 3.92. The molecule has 0 atom stereocenters. The monoisotopic (exact) mass is 306 g/mol. The van der Waals surface area contributed by atoms with Crippen LogP contribution in [0, 0.1) is 5.41 Å². The first kappa shape index (κ1) is 15.7. The Kier molecular flexibility index (Phi) is 4.48. The molecule has 0 bridgehead atoms. The van der Waals surface area contributed by atoms with E-state index >= 15 is 0 Å². The molecule has 1 N–H and O–H groups in total. The Morgan fingerprint density at radius 2 is 1.95 bits per heavy atom. The number of halogens is 3. The standard InChI is InChI=1S/C12H17F3N4O2/c13-12(14,15)7-4-9-16-17-18-19(9)8-11(10(20)21)5-2-1-3-6-11/h1-8H2,(H,20,21). The Bertz CT molecular complexity index is 495. The smallest absolute Gasteiger partial charge is 0.389 e. The average molecular weight is 306 g/mol. The summed E-state index contributed by atoms with van der Waals surface area (Å²) in [6, 6.07) is 0. The number of nitrogens with zero attached hydrogens (tertiary/aromatic N) is 4. The van der Waals surface area contributed by atoms with E-state index in [-0.39, 0.29) is 18.8 Å². The van der Waals surface area contributed by atoms with E-state index in [1.807, 2.05) is 0 Å². The molecule has 0 spiro atoms. The minimum Gasteiger partial charge on any atom is -0.481 e. The predicted molar refractivity (Wildman–Crippen MR) is 65.3 cm³/mol. The van der Waals surface area contributed by atoms with Crippen LogP contribution in [0.25, 0.3) is 0 Å². The molecule has 9 heteroatoms. The number of rotatable bonds is 5. The predicted octanol–water partition coefficient (Wildman–Crippen LogP) is 2.20. The van der Waals surface area contributed by atoms with Crippen LogP contribution in [0.4, 0.5) is 13.2 Å². The Labute approximate surface area is 119 Å². The normalized spacial score (nSPS) is 18.6. The van der Waals surface area contributed by atoms with E-state index in [2.05, 4.69) is 15.5 Å². The molecule has 1 saturated carbocycles. The van der Waals surface area contributed by atoms with E-state index in [0.29, 0.717) is 12.8 Å². The summed E-state index contributed by atoms with van der Waals surface area (Å²) in [6.45, 7) is 0.0303. The average Bonchev–Trinajstić information content (AvgIpc) is 2.83. The second-order valence-electron chi connectivity index (χ2n) is 5.51. The van der Waals surface area contributed by atoms with Gasteiger partial charge in [0.25, 0.3) is 0 Å². The third-order valence-corrected chi connectivity index (χ3v) is 3.95. The number of hydrogen-bond donors (Lipinski definition) is 1. The zero-order valence-corrected chi connectivity index (χ0v) is 11.4. The van der Waals surface area contributed by atoms with E-state index in [1.54, 1.807) is 0 Å². The van der Waals surface area contributed by atoms with Crippen LogP contribution in [0.5, 0.6) is 0 Å². The van der Waals surface area contributed by atoms with Gasteiger partial charge in [-0.3, -0.25) is 4.79 Å². The molecule has 1 aliphatic rings. The number of hydrogen-bond acceptors (Lipinski definition) is 4. The lowest BCUT2D eigenvalue weighted by Crippen LogP contribution is -2.38. The van der Waals surface area contributed by atoms with Crippen LogP contribution in [0.1, 0.15) is 44.3 Å². The minimum absolute atomic E-state index is 0.0303. The van der Waals surface area contributed by atoms with Gasteiger partial charge in [-0.05, 0) is 23.3 Å². The molecule has 1 heterocycles. The van der Waals surface area contributed by atoms with Crippen molar-refractivity contribution in [2.75, 3.05) is 0 Å². The summed E-state index contributed by atoms with van der Waals surface area (Å²) < 4.78 is 38.0. The van der Waals surface area contributed by atoms with Crippen LogP contribution >= 0.6 is 0 Å². The molecule has 1 aromatic heterocycles. The van der Waals surface area contributed by atoms with Crippen molar-refractivity contribution in [1.29, 1.82) is 0 Å². The highest BCUT2D eigenvalue weighted by atomic mass is 19.4. The van der Waals surface area contributed by atoms with E-state index in [0.717, 1.165) is 19.3 Å². The highest BCUT2D eigenvalue weighted by Gasteiger charge is 2.41. The maximum Gasteiger partial charge on any atom is 0.389 e. The van der Waals surface area contributed by atoms with Gasteiger partial charge in [-0.2, -0.15) is 13.2 Å². The molecule has 0 aromatic carbocycles. The lowest BCUT2D eigenvalue weighted by molar-refractivity contribution is -0.152. The molecule has 21 heavy (non-hydrogen) atoms. The van der Waals surface area contributed by atoms with Gasteiger partial charge in [0.2, 0.25) is 0 Å². The van der Waals surface area contributed by atoms with Crippen molar-refractivity contribution in [2.45, 2.75) is 57.7 Å². The topological polar surface area (TPSA) is 80.9 Å². The van der Waals surface area contributed by atoms with Crippen LogP contribution < -0.4 is 0 Å². The third-order valence-electron chi connectivity index (χ3n) is 3.95. The number of carboxylic acid groups (broad SMARTS) is 1. The summed E-state index contributed by atoms with van der Waals surface area (Å²) in [4.78, 5) is 11.6. The van der Waals surface area contributed by atoms with Crippen LogP contribution in [-0.4, -0.2) is 37.5 Å². The fourth-order valence-electron chi connectivity index (χ4n) is 2.73. The molecule has 0 unspecified atom stereocenters. The molecule has 0 radical (unpaired) electrons. The van der Waals surface area contributed by atoms with Gasteiger partial charge in [-0.15, -0.1) is 5.10 Å². The Morgan fingerprint density at radius 1 is 1.29 bits per heavy atom. The van der Waals surface area contributed by atoms with E-state index in [4.69, 9.17) is 0 Å². The summed E-state index contributed by atoms with van der Waals surface area (Å²) in [5, 5.41) is 20.1. The summed E-state index contributed by atoms with van der Waals surface area (Å²) >= 11 is 0. The van der Waals surface area contributed by atoms with Crippen LogP contribution in [0.2, 0.25) is 0 Å². The lowest BCUT2D eigenvalue weighted by Gasteiger charge is -2.32. The molecule has 118 valence electrons. The Morgan fingerprint density at radius 3 is 2.52 bits per heavy atom. The number of tetrazole rings is 1. The zero-order valence-electron chi connectivity index (χ0n) is 11.4. The van der Waals surface area contributed by atoms with Crippen molar-refractivity contribution < 1.29 is 23.1 Å². The van der Waals surface area contributed by atoms with Crippen molar-refractivity contribution in [2.24, 2.45) is 5.41 Å². The van der Waals surface area contributed by atoms with E-state index in [1.165, 1.54) is 4.68 Å². The van der Waals surface area contributed by atoms with E-state index < -0.39 is 24.0 Å². The minimum atomic E-state index is -4.29. The Hall–Kier alpha value is -1.67. The first-order valence-corrected chi connectivity index (χ1v) is 6.88. The first-order chi connectivity index (χ1) is 9.82. The highest BCUT2D eigenvalue weighted by Crippen LogP contribution is 2.38. The number of aryl methyl sites for hydroxylation is 1. The quantitative estimate of drug-likeness (QED) is 0.902. The van der Waals surface area contributed by atoms with Crippen LogP contribution in [-0.2, 0) is 17.8 Å². The number of alkyl halides is 3. The Balaban J connectivity index is 2.11. The van der Waals surface area contributed by atoms with Gasteiger partial charge in [-0.25, -0.2) is 4.68 Å². The largest absolute Gasteiger partial charge is 0.481 e. The van der Waals surface area contributed by atoms with Gasteiger partial charge in [0, 0.05) is 6.42 Å². The molecule has 0 amide bonds. The number of carboxylic acids is 1. The van der Waals surface area contributed by atoms with Gasteiger partial charge in [-0.1, -0.05) is 19.3 Å². The fraction of sp³-hybridized carbons (Fsp3) is 0.833. The number of carbonyl (C=O) groups is 1. The lowest BCUT2D eigenvalue weighted by atomic mass is 9.74. The molecule has 1 fully saturated rings. The summed E-state index contributed by atoms with van der Waals surface area (Å²) in [5.74, 6) is -0.849. The van der Waals surface area contributed by atoms with Crippen LogP contribution in [0.3, 0.4) is 0 Å². The molecular formula is C12H17F3N4O2. The highest BCUT2D eigenvalue weighted by molar-refractivity contribution is 5.74. The van der Waals surface area contributed by atoms with Crippen molar-refractivity contribution >= 4 is 5.97 Å². The van der Waals surface area contributed by atoms with Crippen molar-refractivity contribution in [3.05, 3.63) is 5.82 Å². The van der Waals surface area contributed by atoms with Gasteiger partial charge in [0.1, 0.15) is 0 Å². The summed E-state index contributed by atoms with van der Waals surface area (Å²) in [5.41, 5.74) is -0.972. The second kappa shape index (κ2) is 5.98. The molecule has 6 nitrogen and oxygen atoms in total. The first-order valence-electron chi connectivity index (χ1n) is 6.88. The molecule has 0 aliphatic heterocycles. The van der Waals surface area contributed by atoms with Gasteiger partial charge >= 0.3 is 12.1 Å². The fourth-order valence-corrected chi connectivity index (χ4v) is 2.73. The van der Waals surface area contributed by atoms with Crippen molar-refractivity contribution in [3.63, 3.8) is 0 Å². The van der Waals surface area contributed by atoms with E-state index in [9.17, 15) is 23.1 Å². The van der Waals surface area contributed by atoms with Gasteiger partial charge in [0.15, 0.2) is 5.82 Å². The number of aliphatic carboxylic acids is 1. The van der Waals surface area contributed by atoms with Crippen LogP contribution in [0.15, 0.2) is 0 Å². The maximum absolute atomic E-state index is 12.3. The molecular weight excluding hydrogens is 289 g/mol. The molecule has 2 rings (SSSR count). The SMILES string of the molecule is O=C(O)C1(Cn2nnnc2CCC(F)(F)F)CCCCC1. The van der Waals surface area contributed by atoms with Crippen molar-refractivity contribution in [1.82, 2.24) is 20.2 Å². The van der Waals surface area contributed by atoms with Gasteiger partial charge < -0.3 is 5.11 Å². The summed E-state index contributed by atoms with van der Waals surface area (Å²) in [7, 11) is 0. The summed E-state index contributed by atoms with van der Waals surface area (Å²) in [6.07, 6.45) is -2.07. The second-order valence-corrected chi connectivity index (χ2v) is 5.51. The van der Waals surface area contributed by atoms with Gasteiger partial charge in [0.05, 0.1) is 18.4 Å². The van der Waals surface area contributed by atoms with Crippen molar-refractivity contribution in [3.8, 4) is 0 Å². The molecule has 1 aromatic rings. The zero-order chi connectivity index (χ0) is 15.5. The number of aromatic nitrogens is 4. The molecule has 0 saturated heterocycles. The maximum atomic E-state index is 12.3.